The molecule has 8 rings (SSSR count). The number of unbranched alkanes of at least 4 members (excludes halogenated alkanes) is 2. The summed E-state index contributed by atoms with van der Waals surface area (Å²) >= 11 is 0. The Balaban J connectivity index is 0.00000450. The van der Waals surface area contributed by atoms with Crippen molar-refractivity contribution >= 4 is 54.4 Å². The summed E-state index contributed by atoms with van der Waals surface area (Å²) in [6.45, 7) is 4.41. The second kappa shape index (κ2) is 16.9. The number of phenolic OH excluding ortho intramolecular Hbond substituents is 1. The fourth-order valence-corrected chi connectivity index (χ4v) is 7.00. The van der Waals surface area contributed by atoms with E-state index in [2.05, 4.69) is 80.6 Å². The van der Waals surface area contributed by atoms with E-state index in [0.717, 1.165) is 93.3 Å². The molecule has 0 atom stereocenters. The second-order valence-electron chi connectivity index (χ2n) is 13.7. The van der Waals surface area contributed by atoms with Crippen molar-refractivity contribution in [3.63, 3.8) is 0 Å². The molecular formula is C48H41N4OU-. The smallest absolute Gasteiger partial charge is 0.133 e. The number of rotatable bonds is 8. The van der Waals surface area contributed by atoms with Gasteiger partial charge in [-0.05, 0) is 49.2 Å². The molecule has 5 nitrogen and oxygen atoms in total. The molecule has 1 N–H and O–H groups in total. The molecule has 3 heterocycles. The van der Waals surface area contributed by atoms with Gasteiger partial charge in [-0.25, -0.2) is 4.98 Å². The molecule has 0 aliphatic heterocycles. The number of fused-ring (bicyclic) bond motifs is 8. The van der Waals surface area contributed by atoms with E-state index in [1.165, 1.54) is 5.56 Å². The molecule has 8 aromatic rings. The van der Waals surface area contributed by atoms with Gasteiger partial charge in [0, 0.05) is 75.5 Å². The Kier molecular flexibility index (Phi) is 11.6. The molecular weight excluding hydrogens is 887 g/mol. The molecule has 264 valence electrons. The van der Waals surface area contributed by atoms with Crippen LogP contribution in [0.25, 0.3) is 76.9 Å². The summed E-state index contributed by atoms with van der Waals surface area (Å²) in [6.07, 6.45) is 9.77. The summed E-state index contributed by atoms with van der Waals surface area (Å²) in [6, 6.07) is 44.9. The Morgan fingerprint density at radius 2 is 1.09 bits per heavy atom. The zero-order valence-electron chi connectivity index (χ0n) is 30.7. The Hall–Kier alpha value is -5.15. The molecule has 0 unspecified atom stereocenters. The van der Waals surface area contributed by atoms with Crippen LogP contribution in [0.4, 0.5) is 0 Å². The van der Waals surface area contributed by atoms with E-state index in [1.54, 1.807) is 6.20 Å². The van der Waals surface area contributed by atoms with E-state index in [4.69, 9.17) is 19.9 Å². The normalized spacial score (nSPS) is 11.1. The van der Waals surface area contributed by atoms with Gasteiger partial charge in [0.05, 0.1) is 27.9 Å². The van der Waals surface area contributed by atoms with Gasteiger partial charge in [0.25, 0.3) is 0 Å². The third-order valence-corrected chi connectivity index (χ3v) is 9.84. The van der Waals surface area contributed by atoms with Crippen LogP contribution in [0, 0.1) is 37.2 Å². The van der Waals surface area contributed by atoms with E-state index < -0.39 is 0 Å². The Morgan fingerprint density at radius 1 is 0.556 bits per heavy atom. The molecule has 0 saturated heterocycles. The van der Waals surface area contributed by atoms with E-state index in [1.807, 2.05) is 66.9 Å². The maximum Gasteiger partial charge on any atom is 0.133 e. The van der Waals surface area contributed by atoms with Crippen LogP contribution in [-0.4, -0.2) is 25.0 Å². The molecule has 3 aromatic heterocycles. The van der Waals surface area contributed by atoms with Gasteiger partial charge >= 0.3 is 0 Å². The molecule has 0 amide bonds. The summed E-state index contributed by atoms with van der Waals surface area (Å²) in [5.74, 6) is 0.136. The fraction of sp³-hybridized carbons (Fsp3) is 0.167. The Bertz CT molecular complexity index is 2720. The maximum atomic E-state index is 12.0. The van der Waals surface area contributed by atoms with Crippen molar-refractivity contribution < 1.29 is 36.2 Å². The molecule has 6 heteroatoms. The predicted molar refractivity (Wildman–Crippen MR) is 220 cm³/mol. The van der Waals surface area contributed by atoms with Crippen molar-refractivity contribution in [3.05, 3.63) is 151 Å². The monoisotopic (exact) mass is 927 g/mol. The molecule has 8 bridgehead atoms. The van der Waals surface area contributed by atoms with Crippen LogP contribution in [0.15, 0.2) is 134 Å². The van der Waals surface area contributed by atoms with Crippen LogP contribution in [0.3, 0.4) is 0 Å². The molecule has 0 saturated carbocycles. The van der Waals surface area contributed by atoms with Crippen molar-refractivity contribution in [2.75, 3.05) is 0 Å². The molecule has 5 aromatic carbocycles. The van der Waals surface area contributed by atoms with Crippen molar-refractivity contribution in [2.45, 2.75) is 52.4 Å². The largest absolute Gasteiger partial charge is 0.507 e. The number of benzene rings is 5. The summed E-state index contributed by atoms with van der Waals surface area (Å²) in [7, 11) is 0. The third kappa shape index (κ3) is 7.87. The number of aromatic nitrogens is 4. The van der Waals surface area contributed by atoms with E-state index in [-0.39, 0.29) is 36.9 Å². The molecule has 0 spiro atoms. The number of hydrogen-bond donors (Lipinski definition) is 1. The van der Waals surface area contributed by atoms with Crippen molar-refractivity contribution in [3.8, 4) is 28.3 Å². The fourth-order valence-electron chi connectivity index (χ4n) is 7.00. The minimum absolute atomic E-state index is 0. The van der Waals surface area contributed by atoms with E-state index in [0.29, 0.717) is 27.7 Å². The van der Waals surface area contributed by atoms with Gasteiger partial charge in [-0.15, -0.1) is 29.1 Å². The zero-order chi connectivity index (χ0) is 36.1. The number of phenols is 1. The van der Waals surface area contributed by atoms with Gasteiger partial charge in [0.2, 0.25) is 0 Å². The quantitative estimate of drug-likeness (QED) is 0.121. The third-order valence-electron chi connectivity index (χ3n) is 9.84. The zero-order valence-corrected chi connectivity index (χ0v) is 34.8. The topological polar surface area (TPSA) is 71.8 Å². The van der Waals surface area contributed by atoms with Crippen LogP contribution in [0.5, 0.6) is 5.75 Å². The van der Waals surface area contributed by atoms with Crippen LogP contribution >= 0.6 is 0 Å². The van der Waals surface area contributed by atoms with Crippen molar-refractivity contribution in [1.29, 1.82) is 0 Å². The first kappa shape index (κ1) is 37.2. The number of hydrogen-bond acceptors (Lipinski definition) is 5. The van der Waals surface area contributed by atoms with Crippen molar-refractivity contribution in [1.82, 2.24) is 19.9 Å². The Morgan fingerprint density at radius 3 is 1.70 bits per heavy atom. The van der Waals surface area contributed by atoms with Crippen LogP contribution in [-0.2, 0) is 12.8 Å². The average Bonchev–Trinajstić information content (AvgIpc) is 3.21. The van der Waals surface area contributed by atoms with Gasteiger partial charge in [0.1, 0.15) is 5.75 Å². The van der Waals surface area contributed by atoms with Crippen molar-refractivity contribution in [2.24, 2.45) is 0 Å². The van der Waals surface area contributed by atoms with Crippen LogP contribution in [0.1, 0.15) is 50.7 Å². The average molecular weight is 928 g/mol. The molecule has 0 aliphatic rings. The van der Waals surface area contributed by atoms with Gasteiger partial charge in [-0.3, -0.25) is 15.0 Å². The number of aryl methyl sites for hydroxylation is 2. The summed E-state index contributed by atoms with van der Waals surface area (Å²) in [5.41, 5.74) is 8.71. The minimum Gasteiger partial charge on any atom is -0.507 e. The SMILES string of the molecule is CCCCc1cc2[c-]c(c1)c1ccc3ccc4ccc(nc4c3n1)c1cc(CCCC)cc(cnc(-c3ccccc3)c(-c3ccccc3)nc2)c1O.[U]. The second-order valence-corrected chi connectivity index (χ2v) is 13.7. The summed E-state index contributed by atoms with van der Waals surface area (Å²) < 4.78 is 0. The van der Waals surface area contributed by atoms with Crippen LogP contribution < -0.4 is 0 Å². The number of pyridine rings is 2. The predicted octanol–water partition coefficient (Wildman–Crippen LogP) is 12.2. The molecule has 54 heavy (non-hydrogen) atoms. The van der Waals surface area contributed by atoms with Gasteiger partial charge in [-0.2, -0.15) is 0 Å². The van der Waals surface area contributed by atoms with Gasteiger partial charge in [-0.1, -0.05) is 129 Å². The standard InChI is InChI=1S/C48H41N4O.U/c1-3-5-13-32-25-34-28-39(26-32)42-23-21-37-19-20-38-22-24-43(52-47(38)46(37)51-42)41-29-33(14-6-4-2)27-40(48(41)53)31-50-45(36-17-11-8-12-18-36)44(49-30-34)35-15-9-7-10-16-35;/h7-12,15-27,29-31,53H,3-6,13-14H2,1-2H3;/q-1;. The van der Waals surface area contributed by atoms with E-state index in [9.17, 15) is 5.11 Å². The number of nitrogens with zero attached hydrogens (tertiary/aromatic N) is 4. The number of aromatic hydroxyl groups is 1. The van der Waals surface area contributed by atoms with Gasteiger partial charge in [0.15, 0.2) is 0 Å². The summed E-state index contributed by atoms with van der Waals surface area (Å²) in [4.78, 5) is 20.9. The van der Waals surface area contributed by atoms with Gasteiger partial charge < -0.3 is 5.11 Å². The minimum atomic E-state index is 0. The Labute approximate surface area is 339 Å². The first-order chi connectivity index (χ1) is 26.1. The molecule has 0 radical (unpaired) electrons. The molecule has 0 aliphatic carbocycles. The van der Waals surface area contributed by atoms with Crippen LogP contribution in [0.2, 0.25) is 0 Å². The molecule has 0 fully saturated rings. The van der Waals surface area contributed by atoms with E-state index >= 15 is 0 Å². The maximum absolute atomic E-state index is 12.0. The first-order valence-corrected chi connectivity index (χ1v) is 18.6. The summed E-state index contributed by atoms with van der Waals surface area (Å²) in [5, 5.41) is 17.1. The first-order valence-electron chi connectivity index (χ1n) is 18.6.